The van der Waals surface area contributed by atoms with Crippen molar-refractivity contribution in [2.45, 2.75) is 26.3 Å². The number of nitrogens with one attached hydrogen (secondary N) is 1. The van der Waals surface area contributed by atoms with Crippen molar-refractivity contribution < 1.29 is 23.9 Å². The molecule has 0 fully saturated rings. The number of hydrogen-bond acceptors (Lipinski definition) is 5. The first-order valence-electron chi connectivity index (χ1n) is 7.14. The predicted octanol–water partition coefficient (Wildman–Crippen LogP) is 2.31. The number of carbonyl (C=O) groups is 3. The lowest BCUT2D eigenvalue weighted by Crippen LogP contribution is -2.44. The van der Waals surface area contributed by atoms with Crippen LogP contribution in [-0.4, -0.2) is 37.6 Å². The van der Waals surface area contributed by atoms with E-state index in [4.69, 9.17) is 4.74 Å². The standard InChI is InChI=1S/C16H20BrNO5/c1-10(2)8-13(16(21)22-3)18-14(19)9-23-15(20)11-6-4-5-7-12(11)17/h4-7,10,13H,8-9H2,1-3H3,(H,18,19)/t13-/m0/s1. The molecule has 0 saturated carbocycles. The average molecular weight is 386 g/mol. The van der Waals surface area contributed by atoms with Crippen LogP contribution in [0.1, 0.15) is 30.6 Å². The summed E-state index contributed by atoms with van der Waals surface area (Å²) in [6, 6.07) is 5.99. The number of rotatable bonds is 7. The SMILES string of the molecule is COC(=O)[C@H](CC(C)C)NC(=O)COC(=O)c1ccccc1Br. The van der Waals surface area contributed by atoms with Crippen LogP contribution < -0.4 is 5.32 Å². The molecule has 1 N–H and O–H groups in total. The van der Waals surface area contributed by atoms with Crippen LogP contribution in [0.5, 0.6) is 0 Å². The van der Waals surface area contributed by atoms with E-state index in [0.717, 1.165) is 0 Å². The zero-order valence-corrected chi connectivity index (χ0v) is 14.9. The van der Waals surface area contributed by atoms with Gasteiger partial charge < -0.3 is 14.8 Å². The summed E-state index contributed by atoms with van der Waals surface area (Å²) in [6.07, 6.45) is 0.441. The third-order valence-corrected chi connectivity index (χ3v) is 3.65. The van der Waals surface area contributed by atoms with E-state index >= 15 is 0 Å². The zero-order valence-electron chi connectivity index (χ0n) is 13.3. The molecule has 7 heteroatoms. The second kappa shape index (κ2) is 9.29. The van der Waals surface area contributed by atoms with Gasteiger partial charge in [-0.3, -0.25) is 4.79 Å². The van der Waals surface area contributed by atoms with Crippen molar-refractivity contribution in [2.24, 2.45) is 5.92 Å². The molecule has 0 aliphatic rings. The monoisotopic (exact) mass is 385 g/mol. The second-order valence-corrected chi connectivity index (χ2v) is 6.18. The molecule has 0 spiro atoms. The number of hydrogen-bond donors (Lipinski definition) is 1. The van der Waals surface area contributed by atoms with E-state index in [-0.39, 0.29) is 5.92 Å². The van der Waals surface area contributed by atoms with E-state index in [1.807, 2.05) is 13.8 Å². The Hall–Kier alpha value is -1.89. The molecular weight excluding hydrogens is 366 g/mol. The van der Waals surface area contributed by atoms with Gasteiger partial charge in [0.15, 0.2) is 6.61 Å². The van der Waals surface area contributed by atoms with Crippen LogP contribution in [0.25, 0.3) is 0 Å². The summed E-state index contributed by atoms with van der Waals surface area (Å²) in [4.78, 5) is 35.4. The van der Waals surface area contributed by atoms with Crippen molar-refractivity contribution in [3.8, 4) is 0 Å². The molecule has 126 valence electrons. The van der Waals surface area contributed by atoms with E-state index in [1.165, 1.54) is 7.11 Å². The van der Waals surface area contributed by atoms with Crippen LogP contribution in [0.3, 0.4) is 0 Å². The Labute approximate surface area is 143 Å². The first-order chi connectivity index (χ1) is 10.8. The summed E-state index contributed by atoms with van der Waals surface area (Å²) >= 11 is 3.24. The molecule has 0 aromatic heterocycles. The molecule has 0 heterocycles. The largest absolute Gasteiger partial charge is 0.467 e. The Kier molecular flexibility index (Phi) is 7.74. The lowest BCUT2D eigenvalue weighted by Gasteiger charge is -2.18. The number of halogens is 1. The fourth-order valence-electron chi connectivity index (χ4n) is 1.90. The minimum atomic E-state index is -0.755. The lowest BCUT2D eigenvalue weighted by atomic mass is 10.0. The van der Waals surface area contributed by atoms with Gasteiger partial charge in [0.25, 0.3) is 5.91 Å². The molecule has 0 radical (unpaired) electrons. The molecule has 0 aliphatic heterocycles. The molecule has 1 rings (SSSR count). The second-order valence-electron chi connectivity index (χ2n) is 5.33. The van der Waals surface area contributed by atoms with E-state index < -0.39 is 30.5 Å². The fraction of sp³-hybridized carbons (Fsp3) is 0.438. The Morgan fingerprint density at radius 3 is 2.43 bits per heavy atom. The highest BCUT2D eigenvalue weighted by molar-refractivity contribution is 9.10. The summed E-state index contributed by atoms with van der Waals surface area (Å²) in [5.74, 6) is -1.50. The maximum absolute atomic E-state index is 11.9. The summed E-state index contributed by atoms with van der Waals surface area (Å²) in [5.41, 5.74) is 0.326. The van der Waals surface area contributed by atoms with Crippen molar-refractivity contribution >= 4 is 33.8 Å². The van der Waals surface area contributed by atoms with Crippen LogP contribution in [0.4, 0.5) is 0 Å². The van der Waals surface area contributed by atoms with Crippen LogP contribution in [0, 0.1) is 5.92 Å². The number of methoxy groups -OCH3 is 1. The molecule has 0 unspecified atom stereocenters. The van der Waals surface area contributed by atoms with Gasteiger partial charge in [-0.15, -0.1) is 0 Å². The molecule has 23 heavy (non-hydrogen) atoms. The smallest absolute Gasteiger partial charge is 0.339 e. The minimum Gasteiger partial charge on any atom is -0.467 e. The van der Waals surface area contributed by atoms with E-state index in [2.05, 4.69) is 26.0 Å². The number of esters is 2. The number of amides is 1. The van der Waals surface area contributed by atoms with Crippen molar-refractivity contribution in [3.05, 3.63) is 34.3 Å². The first kappa shape index (κ1) is 19.2. The van der Waals surface area contributed by atoms with E-state index in [0.29, 0.717) is 16.5 Å². The van der Waals surface area contributed by atoms with Crippen LogP contribution in [0.15, 0.2) is 28.7 Å². The van der Waals surface area contributed by atoms with Gasteiger partial charge in [-0.05, 0) is 40.4 Å². The molecule has 0 bridgehead atoms. The Morgan fingerprint density at radius 2 is 1.87 bits per heavy atom. The van der Waals surface area contributed by atoms with Gasteiger partial charge in [-0.1, -0.05) is 26.0 Å². The van der Waals surface area contributed by atoms with E-state index in [1.54, 1.807) is 24.3 Å². The highest BCUT2D eigenvalue weighted by Crippen LogP contribution is 2.16. The molecule has 1 aromatic carbocycles. The molecule has 0 saturated heterocycles. The van der Waals surface area contributed by atoms with Crippen LogP contribution in [-0.2, 0) is 19.1 Å². The third kappa shape index (κ3) is 6.40. The van der Waals surface area contributed by atoms with Crippen LogP contribution in [0.2, 0.25) is 0 Å². The lowest BCUT2D eigenvalue weighted by molar-refractivity contribution is -0.145. The van der Waals surface area contributed by atoms with Gasteiger partial charge in [-0.25, -0.2) is 9.59 Å². The predicted molar refractivity (Wildman–Crippen MR) is 87.8 cm³/mol. The van der Waals surface area contributed by atoms with Crippen molar-refractivity contribution in [1.29, 1.82) is 0 Å². The first-order valence-corrected chi connectivity index (χ1v) is 7.93. The average Bonchev–Trinajstić information content (AvgIpc) is 2.51. The molecular formula is C16H20BrNO5. The molecule has 1 atom stereocenters. The van der Waals surface area contributed by atoms with Gasteiger partial charge in [0.05, 0.1) is 12.7 Å². The van der Waals surface area contributed by atoms with Crippen molar-refractivity contribution in [2.75, 3.05) is 13.7 Å². The third-order valence-electron chi connectivity index (χ3n) is 2.96. The molecule has 1 amide bonds. The van der Waals surface area contributed by atoms with Gasteiger partial charge in [0.1, 0.15) is 6.04 Å². The molecule has 0 aliphatic carbocycles. The van der Waals surface area contributed by atoms with Gasteiger partial charge >= 0.3 is 11.9 Å². The van der Waals surface area contributed by atoms with Crippen molar-refractivity contribution in [3.63, 3.8) is 0 Å². The molecule has 1 aromatic rings. The summed E-state index contributed by atoms with van der Waals surface area (Å²) in [5, 5.41) is 2.52. The molecule has 6 nitrogen and oxygen atoms in total. The van der Waals surface area contributed by atoms with Gasteiger partial charge in [-0.2, -0.15) is 0 Å². The number of benzene rings is 1. The van der Waals surface area contributed by atoms with Crippen LogP contribution >= 0.6 is 15.9 Å². The van der Waals surface area contributed by atoms with Gasteiger partial charge in [0.2, 0.25) is 0 Å². The quantitative estimate of drug-likeness (QED) is 0.728. The maximum atomic E-state index is 11.9. The maximum Gasteiger partial charge on any atom is 0.339 e. The highest BCUT2D eigenvalue weighted by Gasteiger charge is 2.23. The van der Waals surface area contributed by atoms with E-state index in [9.17, 15) is 14.4 Å². The minimum absolute atomic E-state index is 0.197. The summed E-state index contributed by atoms with van der Waals surface area (Å²) in [7, 11) is 1.26. The number of ether oxygens (including phenoxy) is 2. The number of carbonyl (C=O) groups excluding carboxylic acids is 3. The summed E-state index contributed by atoms with van der Waals surface area (Å²) in [6.45, 7) is 3.38. The Bertz CT molecular complexity index is 573. The summed E-state index contributed by atoms with van der Waals surface area (Å²) < 4.78 is 10.2. The normalized spacial score (nSPS) is 11.7. The van der Waals surface area contributed by atoms with Crippen molar-refractivity contribution in [1.82, 2.24) is 5.32 Å². The van der Waals surface area contributed by atoms with Gasteiger partial charge in [0, 0.05) is 4.47 Å². The fourth-order valence-corrected chi connectivity index (χ4v) is 2.35. The Morgan fingerprint density at radius 1 is 1.22 bits per heavy atom. The zero-order chi connectivity index (χ0) is 17.4. The topological polar surface area (TPSA) is 81.7 Å². The Balaban J connectivity index is 2.56. The highest BCUT2D eigenvalue weighted by atomic mass is 79.9.